The summed E-state index contributed by atoms with van der Waals surface area (Å²) in [6.45, 7) is 3.14. The number of hydrogen-bond acceptors (Lipinski definition) is 11. The summed E-state index contributed by atoms with van der Waals surface area (Å²) in [5.74, 6) is 5.25. The number of likely N-dealkylation sites (N-methyl/N-ethyl adjacent to an activating group) is 1. The van der Waals surface area contributed by atoms with Gasteiger partial charge in [-0.1, -0.05) is 12.3 Å². The van der Waals surface area contributed by atoms with Crippen molar-refractivity contribution in [2.24, 2.45) is 0 Å². The van der Waals surface area contributed by atoms with Crippen LogP contribution in [0.5, 0.6) is 0 Å². The van der Waals surface area contributed by atoms with Crippen LogP contribution >= 0.6 is 0 Å². The lowest BCUT2D eigenvalue weighted by Gasteiger charge is -2.31. The number of ether oxygens (including phenoxy) is 2. The van der Waals surface area contributed by atoms with Gasteiger partial charge in [-0.2, -0.15) is 0 Å². The van der Waals surface area contributed by atoms with Gasteiger partial charge in [0.2, 0.25) is 5.82 Å². The molecule has 2 aliphatic heterocycles. The Labute approximate surface area is 201 Å². The minimum absolute atomic E-state index is 0.0803. The van der Waals surface area contributed by atoms with E-state index in [4.69, 9.17) is 15.2 Å². The molecule has 4 heterocycles. The number of aromatic nitrogens is 4. The zero-order chi connectivity index (χ0) is 25.1. The molecular formula is C22H29N7O6. The number of likely N-dealkylation sites (tertiary alicyclic amines) is 1. The van der Waals surface area contributed by atoms with Gasteiger partial charge in [-0.15, -0.1) is 0 Å². The molecule has 2 fully saturated rings. The van der Waals surface area contributed by atoms with E-state index in [-0.39, 0.29) is 34.8 Å². The van der Waals surface area contributed by atoms with Crippen molar-refractivity contribution in [3.8, 4) is 11.8 Å². The maximum atomic E-state index is 12.2. The number of anilines is 1. The summed E-state index contributed by atoms with van der Waals surface area (Å²) in [6, 6.07) is -0.330. The summed E-state index contributed by atoms with van der Waals surface area (Å²) < 4.78 is 12.0. The predicted molar refractivity (Wildman–Crippen MR) is 122 cm³/mol. The number of carbonyl (C=O) groups excluding carboxylic acids is 2. The second kappa shape index (κ2) is 10.5. The van der Waals surface area contributed by atoms with Crippen LogP contribution in [0.4, 0.5) is 5.82 Å². The third kappa shape index (κ3) is 4.92. The van der Waals surface area contributed by atoms with E-state index >= 15 is 0 Å². The molecule has 1 unspecified atom stereocenters. The van der Waals surface area contributed by atoms with Crippen LogP contribution in [0.25, 0.3) is 11.2 Å². The first-order chi connectivity index (χ1) is 16.8. The SMILES string of the molecule is CCNC(=O)[C@H]1O[C@@H](n2cnc3c(N)nc(C#CCN4CCCCC4C(=O)OC)nc32)[C@@H](O)[C@H]1O. The van der Waals surface area contributed by atoms with Gasteiger partial charge in [0.15, 0.2) is 23.8 Å². The van der Waals surface area contributed by atoms with E-state index in [0.717, 1.165) is 25.8 Å². The molecule has 0 aromatic carbocycles. The second-order valence-corrected chi connectivity index (χ2v) is 8.39. The van der Waals surface area contributed by atoms with Gasteiger partial charge >= 0.3 is 5.97 Å². The zero-order valence-electron chi connectivity index (χ0n) is 19.5. The number of rotatable bonds is 5. The number of amides is 1. The first kappa shape index (κ1) is 24.8. The summed E-state index contributed by atoms with van der Waals surface area (Å²) in [6.07, 6.45) is -1.22. The molecule has 35 heavy (non-hydrogen) atoms. The lowest BCUT2D eigenvalue weighted by atomic mass is 10.0. The van der Waals surface area contributed by atoms with Crippen molar-refractivity contribution >= 4 is 28.9 Å². The minimum Gasteiger partial charge on any atom is -0.468 e. The van der Waals surface area contributed by atoms with Gasteiger partial charge in [-0.25, -0.2) is 15.0 Å². The van der Waals surface area contributed by atoms with Gasteiger partial charge in [-0.05, 0) is 32.2 Å². The number of nitrogens with one attached hydrogen (secondary N) is 1. The number of hydrogen-bond donors (Lipinski definition) is 4. The highest BCUT2D eigenvalue weighted by atomic mass is 16.6. The average molecular weight is 488 g/mol. The summed E-state index contributed by atoms with van der Waals surface area (Å²) in [5.41, 5.74) is 6.56. The highest BCUT2D eigenvalue weighted by molar-refractivity contribution is 5.83. The van der Waals surface area contributed by atoms with Crippen molar-refractivity contribution in [3.05, 3.63) is 12.2 Å². The molecule has 188 valence electrons. The third-order valence-corrected chi connectivity index (χ3v) is 6.14. The van der Waals surface area contributed by atoms with Crippen molar-refractivity contribution in [1.82, 2.24) is 29.7 Å². The van der Waals surface area contributed by atoms with Crippen LogP contribution in [-0.2, 0) is 19.1 Å². The summed E-state index contributed by atoms with van der Waals surface area (Å²) in [7, 11) is 1.37. The summed E-state index contributed by atoms with van der Waals surface area (Å²) in [5, 5.41) is 23.4. The Hall–Kier alpha value is -3.31. The Kier molecular flexibility index (Phi) is 7.46. The Bertz CT molecular complexity index is 1160. The third-order valence-electron chi connectivity index (χ3n) is 6.14. The number of esters is 1. The van der Waals surface area contributed by atoms with Crippen LogP contribution in [0.2, 0.25) is 0 Å². The highest BCUT2D eigenvalue weighted by Gasteiger charge is 2.47. The number of fused-ring (bicyclic) bond motifs is 1. The Morgan fingerprint density at radius 1 is 1.31 bits per heavy atom. The quantitative estimate of drug-likeness (QED) is 0.286. The van der Waals surface area contributed by atoms with E-state index < -0.39 is 30.4 Å². The molecule has 0 spiro atoms. The highest BCUT2D eigenvalue weighted by Crippen LogP contribution is 2.32. The van der Waals surface area contributed by atoms with Crippen LogP contribution < -0.4 is 11.1 Å². The fraction of sp³-hybridized carbons (Fsp3) is 0.591. The molecule has 13 nitrogen and oxygen atoms in total. The zero-order valence-corrected chi connectivity index (χ0v) is 19.5. The standard InChI is InChI=1S/C22H29N7O6/c1-3-24-20(32)17-15(30)16(31)21(35-17)29-11-25-14-18(23)26-13(27-19(14)29)8-6-10-28-9-5-4-7-12(28)22(33)34-2/h11-12,15-17,21,30-31H,3-5,7,9-10H2,1-2H3,(H,24,32)(H2,23,26,27)/t12?,15-,16+,17+,21-/m1/s1. The number of aliphatic hydroxyl groups excluding tert-OH is 2. The molecular weight excluding hydrogens is 458 g/mol. The molecule has 0 aliphatic carbocycles. The van der Waals surface area contributed by atoms with Crippen LogP contribution in [0, 0.1) is 11.8 Å². The lowest BCUT2D eigenvalue weighted by molar-refractivity contribution is -0.148. The molecule has 2 aliphatic rings. The minimum atomic E-state index is -1.44. The number of carbonyl (C=O) groups is 2. The number of nitrogen functional groups attached to an aromatic ring is 1. The van der Waals surface area contributed by atoms with E-state index in [0.29, 0.717) is 13.1 Å². The smallest absolute Gasteiger partial charge is 0.323 e. The number of imidazole rings is 1. The maximum Gasteiger partial charge on any atom is 0.323 e. The molecule has 1 amide bonds. The molecule has 0 saturated carbocycles. The van der Waals surface area contributed by atoms with Crippen LogP contribution in [0.1, 0.15) is 38.2 Å². The van der Waals surface area contributed by atoms with Crippen LogP contribution in [0.15, 0.2) is 6.33 Å². The second-order valence-electron chi connectivity index (χ2n) is 8.39. The van der Waals surface area contributed by atoms with Crippen LogP contribution in [0.3, 0.4) is 0 Å². The van der Waals surface area contributed by atoms with Gasteiger partial charge in [0, 0.05) is 6.54 Å². The fourth-order valence-electron chi connectivity index (χ4n) is 4.36. The molecule has 5 N–H and O–H groups in total. The normalized spacial score (nSPS) is 26.8. The summed E-state index contributed by atoms with van der Waals surface area (Å²) >= 11 is 0. The average Bonchev–Trinajstić information content (AvgIpc) is 3.40. The van der Waals surface area contributed by atoms with E-state index in [1.54, 1.807) is 6.92 Å². The van der Waals surface area contributed by atoms with Gasteiger partial charge in [0.25, 0.3) is 5.91 Å². The van der Waals surface area contributed by atoms with Gasteiger partial charge < -0.3 is 30.7 Å². The predicted octanol–water partition coefficient (Wildman–Crippen LogP) is -1.46. The lowest BCUT2D eigenvalue weighted by Crippen LogP contribution is -2.45. The number of nitrogens with two attached hydrogens (primary N) is 1. The van der Waals surface area contributed by atoms with Crippen LogP contribution in [-0.4, -0.2) is 97.6 Å². The molecule has 4 rings (SSSR count). The van der Waals surface area contributed by atoms with Crippen molar-refractivity contribution in [2.75, 3.05) is 32.5 Å². The fourth-order valence-corrected chi connectivity index (χ4v) is 4.36. The number of piperidine rings is 1. The molecule has 13 heteroatoms. The topological polar surface area (TPSA) is 178 Å². The van der Waals surface area contributed by atoms with Gasteiger partial charge in [0.05, 0.1) is 20.0 Å². The van der Waals surface area contributed by atoms with Crippen molar-refractivity contribution in [3.63, 3.8) is 0 Å². The Morgan fingerprint density at radius 2 is 2.11 bits per heavy atom. The largest absolute Gasteiger partial charge is 0.468 e. The number of aliphatic hydroxyl groups is 2. The van der Waals surface area contributed by atoms with Crippen molar-refractivity contribution in [2.45, 2.75) is 56.8 Å². The first-order valence-corrected chi connectivity index (χ1v) is 11.5. The maximum absolute atomic E-state index is 12.2. The van der Waals surface area contributed by atoms with Crippen molar-refractivity contribution < 1.29 is 29.3 Å². The number of methoxy groups -OCH3 is 1. The van der Waals surface area contributed by atoms with Gasteiger partial charge in [0.1, 0.15) is 23.8 Å². The van der Waals surface area contributed by atoms with E-state index in [1.807, 2.05) is 4.90 Å². The van der Waals surface area contributed by atoms with Crippen molar-refractivity contribution in [1.29, 1.82) is 0 Å². The van der Waals surface area contributed by atoms with E-state index in [1.165, 1.54) is 18.0 Å². The molecule has 2 saturated heterocycles. The number of nitrogens with zero attached hydrogens (tertiary/aromatic N) is 5. The Balaban J connectivity index is 1.57. The van der Waals surface area contributed by atoms with E-state index in [2.05, 4.69) is 32.1 Å². The molecule has 2 aromatic heterocycles. The van der Waals surface area contributed by atoms with Gasteiger partial charge in [-0.3, -0.25) is 19.1 Å². The first-order valence-electron chi connectivity index (χ1n) is 11.5. The summed E-state index contributed by atoms with van der Waals surface area (Å²) in [4.78, 5) is 39.0. The monoisotopic (exact) mass is 487 g/mol. The molecule has 2 aromatic rings. The van der Waals surface area contributed by atoms with E-state index in [9.17, 15) is 19.8 Å². The molecule has 0 radical (unpaired) electrons. The Morgan fingerprint density at radius 3 is 2.86 bits per heavy atom. The molecule has 5 atom stereocenters. The molecule has 0 bridgehead atoms.